The fourth-order valence-electron chi connectivity index (χ4n) is 2.15. The summed E-state index contributed by atoms with van der Waals surface area (Å²) in [6.45, 7) is 1.92. The molecule has 1 atom stereocenters. The fraction of sp³-hybridized carbons (Fsp3) is 0.188. The Morgan fingerprint density at radius 1 is 1.25 bits per heavy atom. The summed E-state index contributed by atoms with van der Waals surface area (Å²) in [5, 5.41) is 0.294. The lowest BCUT2D eigenvalue weighted by molar-refractivity contribution is 0.0957. The second-order valence-corrected chi connectivity index (χ2v) is 5.82. The molecule has 0 heterocycles. The van der Waals surface area contributed by atoms with Gasteiger partial charge >= 0.3 is 0 Å². The first-order valence-electron chi connectivity index (χ1n) is 6.27. The van der Waals surface area contributed by atoms with E-state index in [2.05, 4.69) is 15.9 Å². The second kappa shape index (κ2) is 6.51. The SMILES string of the molecule is CCC(C(=O)c1ccc(Br)cc1)c1ccc(F)cc1Cl. The minimum Gasteiger partial charge on any atom is -0.293 e. The summed E-state index contributed by atoms with van der Waals surface area (Å²) in [4.78, 5) is 12.6. The van der Waals surface area contributed by atoms with Gasteiger partial charge in [0.15, 0.2) is 5.78 Å². The molecule has 1 unspecified atom stereocenters. The lowest BCUT2D eigenvalue weighted by Gasteiger charge is -2.16. The molecule has 104 valence electrons. The van der Waals surface area contributed by atoms with Gasteiger partial charge in [-0.05, 0) is 36.2 Å². The highest BCUT2D eigenvalue weighted by Crippen LogP contribution is 2.30. The van der Waals surface area contributed by atoms with E-state index in [0.29, 0.717) is 22.6 Å². The van der Waals surface area contributed by atoms with Gasteiger partial charge in [-0.2, -0.15) is 0 Å². The number of rotatable bonds is 4. The molecule has 1 nitrogen and oxygen atoms in total. The highest BCUT2D eigenvalue weighted by atomic mass is 79.9. The Balaban J connectivity index is 2.36. The molecule has 2 aromatic carbocycles. The second-order valence-electron chi connectivity index (χ2n) is 4.50. The molecule has 0 aliphatic rings. The Labute approximate surface area is 130 Å². The molecule has 0 N–H and O–H groups in total. The zero-order chi connectivity index (χ0) is 14.7. The first-order valence-corrected chi connectivity index (χ1v) is 7.44. The Kier molecular flexibility index (Phi) is 4.95. The van der Waals surface area contributed by atoms with Crippen molar-refractivity contribution in [3.8, 4) is 0 Å². The number of Topliss-reactive ketones (excluding diaryl/α,β-unsaturated/α-hetero) is 1. The minimum atomic E-state index is -0.398. The maximum atomic E-state index is 13.1. The van der Waals surface area contributed by atoms with Crippen LogP contribution in [0.1, 0.15) is 35.2 Å². The number of carbonyl (C=O) groups excluding carboxylic acids is 1. The van der Waals surface area contributed by atoms with Crippen LogP contribution in [0.4, 0.5) is 4.39 Å². The van der Waals surface area contributed by atoms with Crippen molar-refractivity contribution in [1.29, 1.82) is 0 Å². The molecule has 0 bridgehead atoms. The third-order valence-corrected chi connectivity index (χ3v) is 4.05. The summed E-state index contributed by atoms with van der Waals surface area (Å²) in [5.74, 6) is -0.762. The maximum absolute atomic E-state index is 13.1. The van der Waals surface area contributed by atoms with Crippen LogP contribution in [0.2, 0.25) is 5.02 Å². The number of hydrogen-bond acceptors (Lipinski definition) is 1. The van der Waals surface area contributed by atoms with Crippen molar-refractivity contribution >= 4 is 33.3 Å². The maximum Gasteiger partial charge on any atom is 0.170 e. The van der Waals surface area contributed by atoms with Crippen LogP contribution in [0.5, 0.6) is 0 Å². The minimum absolute atomic E-state index is 0.00601. The van der Waals surface area contributed by atoms with Gasteiger partial charge in [0, 0.05) is 21.0 Å². The number of hydrogen-bond donors (Lipinski definition) is 0. The number of ketones is 1. The molecule has 0 aliphatic heterocycles. The molecular formula is C16H13BrClFO. The average Bonchev–Trinajstić information content (AvgIpc) is 2.42. The van der Waals surface area contributed by atoms with E-state index < -0.39 is 5.82 Å². The van der Waals surface area contributed by atoms with Gasteiger partial charge in [0.25, 0.3) is 0 Å². The summed E-state index contributed by atoms with van der Waals surface area (Å²) >= 11 is 9.40. The van der Waals surface area contributed by atoms with E-state index in [1.165, 1.54) is 12.1 Å². The summed E-state index contributed by atoms with van der Waals surface area (Å²) in [6, 6.07) is 11.4. The monoisotopic (exact) mass is 354 g/mol. The van der Waals surface area contributed by atoms with Crippen molar-refractivity contribution in [3.05, 3.63) is 68.9 Å². The molecule has 0 fully saturated rings. The van der Waals surface area contributed by atoms with E-state index in [1.54, 1.807) is 18.2 Å². The zero-order valence-corrected chi connectivity index (χ0v) is 13.2. The highest BCUT2D eigenvalue weighted by molar-refractivity contribution is 9.10. The van der Waals surface area contributed by atoms with Crippen molar-refractivity contribution in [2.24, 2.45) is 0 Å². The molecule has 0 aromatic heterocycles. The summed E-state index contributed by atoms with van der Waals surface area (Å²) in [6.07, 6.45) is 0.611. The van der Waals surface area contributed by atoms with E-state index in [4.69, 9.17) is 11.6 Å². The van der Waals surface area contributed by atoms with Crippen LogP contribution in [-0.2, 0) is 0 Å². The van der Waals surface area contributed by atoms with Gasteiger partial charge in [-0.25, -0.2) is 4.39 Å². The van der Waals surface area contributed by atoms with Crippen molar-refractivity contribution in [1.82, 2.24) is 0 Å². The molecule has 20 heavy (non-hydrogen) atoms. The Hall–Kier alpha value is -1.19. The van der Waals surface area contributed by atoms with Gasteiger partial charge in [0.05, 0.1) is 0 Å². The van der Waals surface area contributed by atoms with Crippen LogP contribution in [0.3, 0.4) is 0 Å². The van der Waals surface area contributed by atoms with Gasteiger partial charge in [-0.15, -0.1) is 0 Å². The lowest BCUT2D eigenvalue weighted by atomic mass is 9.88. The van der Waals surface area contributed by atoms with E-state index in [1.807, 2.05) is 19.1 Å². The molecular weight excluding hydrogens is 343 g/mol. The Morgan fingerprint density at radius 2 is 1.90 bits per heavy atom. The summed E-state index contributed by atoms with van der Waals surface area (Å²) < 4.78 is 14.0. The molecule has 2 aromatic rings. The predicted octanol–water partition coefficient (Wildman–Crippen LogP) is 5.62. The fourth-order valence-corrected chi connectivity index (χ4v) is 2.71. The normalized spacial score (nSPS) is 12.2. The van der Waals surface area contributed by atoms with Gasteiger partial charge in [-0.1, -0.05) is 52.7 Å². The number of halogens is 3. The summed E-state index contributed by atoms with van der Waals surface area (Å²) in [5.41, 5.74) is 1.30. The van der Waals surface area contributed by atoms with Crippen LogP contribution in [-0.4, -0.2) is 5.78 Å². The highest BCUT2D eigenvalue weighted by Gasteiger charge is 2.22. The molecule has 2 rings (SSSR count). The third kappa shape index (κ3) is 3.28. The lowest BCUT2D eigenvalue weighted by Crippen LogP contribution is -2.12. The van der Waals surface area contributed by atoms with Gasteiger partial charge in [0.2, 0.25) is 0 Å². The van der Waals surface area contributed by atoms with Crippen molar-refractivity contribution in [3.63, 3.8) is 0 Å². The topological polar surface area (TPSA) is 17.1 Å². The molecule has 0 spiro atoms. The quantitative estimate of drug-likeness (QED) is 0.651. The van der Waals surface area contributed by atoms with Crippen LogP contribution >= 0.6 is 27.5 Å². The van der Waals surface area contributed by atoms with Gasteiger partial charge in [0.1, 0.15) is 5.82 Å². The van der Waals surface area contributed by atoms with Crippen LogP contribution in [0.25, 0.3) is 0 Å². The van der Waals surface area contributed by atoms with Gasteiger partial charge in [-0.3, -0.25) is 4.79 Å². The van der Waals surface area contributed by atoms with Crippen molar-refractivity contribution < 1.29 is 9.18 Å². The number of carbonyl (C=O) groups is 1. The van der Waals surface area contributed by atoms with E-state index >= 15 is 0 Å². The van der Waals surface area contributed by atoms with Crippen molar-refractivity contribution in [2.45, 2.75) is 19.3 Å². The first-order chi connectivity index (χ1) is 9.52. The average molecular weight is 356 g/mol. The molecule has 4 heteroatoms. The standard InChI is InChI=1S/C16H13BrClFO/c1-2-13(14-8-7-12(19)9-15(14)18)16(20)10-3-5-11(17)6-4-10/h3-9,13H,2H2,1H3. The Bertz CT molecular complexity index is 625. The predicted molar refractivity (Wildman–Crippen MR) is 82.9 cm³/mol. The smallest absolute Gasteiger partial charge is 0.170 e. The van der Waals surface area contributed by atoms with Crippen molar-refractivity contribution in [2.75, 3.05) is 0 Å². The molecule has 0 aliphatic carbocycles. The molecule has 0 amide bonds. The molecule has 0 saturated heterocycles. The van der Waals surface area contributed by atoms with Crippen LogP contribution < -0.4 is 0 Å². The van der Waals surface area contributed by atoms with E-state index in [0.717, 1.165) is 4.47 Å². The van der Waals surface area contributed by atoms with Crippen LogP contribution in [0, 0.1) is 5.82 Å². The zero-order valence-electron chi connectivity index (χ0n) is 10.9. The molecule has 0 radical (unpaired) electrons. The van der Waals surface area contributed by atoms with Gasteiger partial charge < -0.3 is 0 Å². The molecule has 0 saturated carbocycles. The van der Waals surface area contributed by atoms with E-state index in [9.17, 15) is 9.18 Å². The largest absolute Gasteiger partial charge is 0.293 e. The first kappa shape index (κ1) is 15.2. The Morgan fingerprint density at radius 3 is 2.45 bits per heavy atom. The summed E-state index contributed by atoms with van der Waals surface area (Å²) in [7, 11) is 0. The van der Waals surface area contributed by atoms with E-state index in [-0.39, 0.29) is 11.7 Å². The third-order valence-electron chi connectivity index (χ3n) is 3.19. The van der Waals surface area contributed by atoms with Crippen LogP contribution in [0.15, 0.2) is 46.9 Å². The number of benzene rings is 2.